The Labute approximate surface area is 162 Å². The van der Waals surface area contributed by atoms with Crippen molar-refractivity contribution in [3.05, 3.63) is 77.7 Å². The van der Waals surface area contributed by atoms with Gasteiger partial charge in [-0.05, 0) is 36.8 Å². The van der Waals surface area contributed by atoms with Crippen molar-refractivity contribution in [1.29, 1.82) is 0 Å². The normalized spacial score (nSPS) is 10.2. The highest BCUT2D eigenvalue weighted by atomic mass is 16.5. The summed E-state index contributed by atoms with van der Waals surface area (Å²) >= 11 is 0. The molecule has 1 heterocycles. The summed E-state index contributed by atoms with van der Waals surface area (Å²) in [5.74, 6) is 0.900. The molecule has 0 spiro atoms. The Bertz CT molecular complexity index is 970. The van der Waals surface area contributed by atoms with Crippen molar-refractivity contribution in [3.63, 3.8) is 0 Å². The average Bonchev–Trinajstić information content (AvgIpc) is 2.73. The zero-order valence-corrected chi connectivity index (χ0v) is 15.6. The molecule has 0 atom stereocenters. The summed E-state index contributed by atoms with van der Waals surface area (Å²) in [4.78, 5) is 32.1. The number of carbonyl (C=O) groups excluding carboxylic acids is 2. The third-order valence-corrected chi connectivity index (χ3v) is 4.04. The molecule has 2 aromatic carbocycles. The second-order valence-electron chi connectivity index (χ2n) is 6.08. The van der Waals surface area contributed by atoms with Crippen molar-refractivity contribution in [3.8, 4) is 5.75 Å². The first-order chi connectivity index (χ1) is 13.5. The first kappa shape index (κ1) is 19.0. The van der Waals surface area contributed by atoms with Crippen LogP contribution in [0.4, 0.5) is 11.5 Å². The van der Waals surface area contributed by atoms with Crippen molar-refractivity contribution in [2.75, 3.05) is 17.7 Å². The number of nitrogens with zero attached hydrogens (tertiary/aromatic N) is 2. The van der Waals surface area contributed by atoms with Crippen LogP contribution in [0.3, 0.4) is 0 Å². The second-order valence-corrected chi connectivity index (χ2v) is 6.08. The number of anilines is 2. The maximum Gasteiger partial charge on any atom is 0.275 e. The van der Waals surface area contributed by atoms with E-state index >= 15 is 0 Å². The van der Waals surface area contributed by atoms with Crippen molar-refractivity contribution in [2.24, 2.45) is 0 Å². The molecule has 1 amide bonds. The minimum atomic E-state index is -0.394. The molecule has 3 rings (SSSR count). The van der Waals surface area contributed by atoms with Crippen LogP contribution in [-0.2, 0) is 6.54 Å². The van der Waals surface area contributed by atoms with Crippen LogP contribution in [0, 0.1) is 0 Å². The van der Waals surface area contributed by atoms with E-state index < -0.39 is 5.91 Å². The molecule has 0 radical (unpaired) electrons. The number of methoxy groups -OCH3 is 1. The summed E-state index contributed by atoms with van der Waals surface area (Å²) < 4.78 is 5.13. The molecule has 142 valence electrons. The van der Waals surface area contributed by atoms with E-state index in [1.807, 2.05) is 24.3 Å². The lowest BCUT2D eigenvalue weighted by atomic mass is 10.1. The number of benzene rings is 2. The van der Waals surface area contributed by atoms with Gasteiger partial charge in [0.15, 0.2) is 5.78 Å². The highest BCUT2D eigenvalue weighted by Gasteiger charge is 2.10. The topological polar surface area (TPSA) is 93.2 Å². The van der Waals surface area contributed by atoms with E-state index in [-0.39, 0.29) is 11.5 Å². The number of ketones is 1. The maximum atomic E-state index is 12.3. The maximum absolute atomic E-state index is 12.3. The van der Waals surface area contributed by atoms with Crippen molar-refractivity contribution >= 4 is 23.2 Å². The Morgan fingerprint density at radius 1 is 1.04 bits per heavy atom. The Morgan fingerprint density at radius 2 is 1.82 bits per heavy atom. The number of carbonyl (C=O) groups is 2. The van der Waals surface area contributed by atoms with E-state index in [0.29, 0.717) is 23.6 Å². The average molecular weight is 376 g/mol. The third kappa shape index (κ3) is 4.91. The Kier molecular flexibility index (Phi) is 5.96. The number of hydrogen-bond acceptors (Lipinski definition) is 6. The van der Waals surface area contributed by atoms with E-state index in [1.54, 1.807) is 31.4 Å². The molecule has 0 fully saturated rings. The predicted molar refractivity (Wildman–Crippen MR) is 107 cm³/mol. The fourth-order valence-electron chi connectivity index (χ4n) is 2.48. The summed E-state index contributed by atoms with van der Waals surface area (Å²) in [5.41, 5.74) is 2.31. The molecule has 7 nitrogen and oxygen atoms in total. The van der Waals surface area contributed by atoms with Gasteiger partial charge in [0.05, 0.1) is 19.5 Å². The number of amides is 1. The van der Waals surface area contributed by atoms with Crippen LogP contribution in [-0.4, -0.2) is 28.8 Å². The fraction of sp³-hybridized carbons (Fsp3) is 0.143. The lowest BCUT2D eigenvalue weighted by Crippen LogP contribution is -2.14. The van der Waals surface area contributed by atoms with Crippen LogP contribution in [0.2, 0.25) is 0 Å². The van der Waals surface area contributed by atoms with Gasteiger partial charge in [0, 0.05) is 17.8 Å². The van der Waals surface area contributed by atoms with Crippen LogP contribution in [0.5, 0.6) is 5.75 Å². The predicted octanol–water partition coefficient (Wildman–Crippen LogP) is 3.55. The number of ether oxygens (including phenoxy) is 1. The summed E-state index contributed by atoms with van der Waals surface area (Å²) in [7, 11) is 1.63. The van der Waals surface area contributed by atoms with Crippen molar-refractivity contribution < 1.29 is 14.3 Å². The number of aromatic nitrogens is 2. The van der Waals surface area contributed by atoms with E-state index in [9.17, 15) is 9.59 Å². The van der Waals surface area contributed by atoms with Gasteiger partial charge in [0.2, 0.25) is 0 Å². The Hall–Kier alpha value is -3.74. The third-order valence-electron chi connectivity index (χ3n) is 4.04. The van der Waals surface area contributed by atoms with Gasteiger partial charge in [0.25, 0.3) is 5.91 Å². The van der Waals surface area contributed by atoms with Crippen molar-refractivity contribution in [2.45, 2.75) is 13.5 Å². The minimum absolute atomic E-state index is 0.0665. The number of Topliss-reactive ketones (excluding diaryl/α,β-unsaturated/α-hetero) is 1. The molecular weight excluding hydrogens is 356 g/mol. The van der Waals surface area contributed by atoms with Crippen LogP contribution >= 0.6 is 0 Å². The molecule has 0 aliphatic carbocycles. The Morgan fingerprint density at radius 3 is 2.46 bits per heavy atom. The molecular formula is C21H20N4O3. The van der Waals surface area contributed by atoms with Crippen molar-refractivity contribution in [1.82, 2.24) is 9.97 Å². The first-order valence-electron chi connectivity index (χ1n) is 8.66. The lowest BCUT2D eigenvalue weighted by Gasteiger charge is -2.08. The SMILES string of the molecule is COc1ccc(CNc2cnc(C(=O)Nc3cccc(C(C)=O)c3)cn2)cc1. The number of hydrogen-bond donors (Lipinski definition) is 2. The minimum Gasteiger partial charge on any atom is -0.497 e. The van der Waals surface area contributed by atoms with E-state index in [0.717, 1.165) is 11.3 Å². The van der Waals surface area contributed by atoms with Gasteiger partial charge >= 0.3 is 0 Å². The molecule has 0 bridgehead atoms. The largest absolute Gasteiger partial charge is 0.497 e. The first-order valence-corrected chi connectivity index (χ1v) is 8.66. The standard InChI is InChI=1S/C21H20N4O3/c1-14(26)16-4-3-5-17(10-16)25-21(27)19-12-24-20(13-22-19)23-11-15-6-8-18(28-2)9-7-15/h3-10,12-13H,11H2,1-2H3,(H,23,24)(H,25,27). The molecule has 0 saturated carbocycles. The highest BCUT2D eigenvalue weighted by molar-refractivity contribution is 6.03. The monoisotopic (exact) mass is 376 g/mol. The van der Waals surface area contributed by atoms with E-state index in [2.05, 4.69) is 20.6 Å². The molecule has 0 saturated heterocycles. The highest BCUT2D eigenvalue weighted by Crippen LogP contribution is 2.14. The van der Waals surface area contributed by atoms with Gasteiger partial charge in [-0.15, -0.1) is 0 Å². The van der Waals surface area contributed by atoms with Gasteiger partial charge in [0.1, 0.15) is 17.3 Å². The second kappa shape index (κ2) is 8.77. The fourth-order valence-corrected chi connectivity index (χ4v) is 2.48. The molecule has 3 aromatic rings. The molecule has 0 aliphatic rings. The quantitative estimate of drug-likeness (QED) is 0.613. The smallest absolute Gasteiger partial charge is 0.275 e. The molecule has 7 heteroatoms. The zero-order chi connectivity index (χ0) is 19.9. The molecule has 1 aromatic heterocycles. The van der Waals surface area contributed by atoms with E-state index in [4.69, 9.17) is 4.74 Å². The molecule has 2 N–H and O–H groups in total. The van der Waals surface area contributed by atoms with Gasteiger partial charge < -0.3 is 15.4 Å². The zero-order valence-electron chi connectivity index (χ0n) is 15.6. The number of nitrogens with one attached hydrogen (secondary N) is 2. The Balaban J connectivity index is 1.59. The van der Waals surface area contributed by atoms with E-state index in [1.165, 1.54) is 19.3 Å². The molecule has 28 heavy (non-hydrogen) atoms. The van der Waals surface area contributed by atoms with Gasteiger partial charge in [-0.2, -0.15) is 0 Å². The van der Waals surface area contributed by atoms with Crippen LogP contribution < -0.4 is 15.4 Å². The number of rotatable bonds is 7. The van der Waals surface area contributed by atoms with Gasteiger partial charge in [-0.25, -0.2) is 9.97 Å². The molecule has 0 aliphatic heterocycles. The lowest BCUT2D eigenvalue weighted by molar-refractivity contribution is 0.100. The summed E-state index contributed by atoms with van der Waals surface area (Å²) in [6.45, 7) is 2.05. The van der Waals surface area contributed by atoms with Crippen LogP contribution in [0.25, 0.3) is 0 Å². The van der Waals surface area contributed by atoms with Gasteiger partial charge in [-0.3, -0.25) is 9.59 Å². The molecule has 0 unspecified atom stereocenters. The van der Waals surface area contributed by atoms with Crippen LogP contribution in [0.15, 0.2) is 60.9 Å². The summed E-state index contributed by atoms with van der Waals surface area (Å²) in [5, 5.41) is 5.87. The van der Waals surface area contributed by atoms with Gasteiger partial charge in [-0.1, -0.05) is 24.3 Å². The summed E-state index contributed by atoms with van der Waals surface area (Å²) in [6.07, 6.45) is 2.91. The summed E-state index contributed by atoms with van der Waals surface area (Å²) in [6, 6.07) is 14.4. The van der Waals surface area contributed by atoms with Crippen LogP contribution in [0.1, 0.15) is 33.3 Å².